The molecule has 22 heteroatoms. The van der Waals surface area contributed by atoms with Gasteiger partial charge in [0.25, 0.3) is 21.8 Å². The standard InChI is InChI=1S/C35H33FN5O13PS2/c36-23-4-1-5-29(22(23)18-37)54-55(48,49)19-40-57(50,51)35-41-24-16-30(52-12-2-10-38-33(46)20-6-8-25(42)27(44)14-20)31(17-32(24)56-35)53-13-3-11-39-34(47)21-7-9-26(43)28(45)15-21/h1,4-9,14-17,40,42-45H,2-3,10-13,19H2,(H,38,46)(H,39,47)(H,48,49). The molecule has 0 aliphatic carbocycles. The number of rotatable bonds is 18. The number of ether oxygens (including phenoxy) is 2. The number of carbonyl (C=O) groups excluding carboxylic acids is 2. The SMILES string of the molecule is N#Cc1c(F)cccc1OP(=O)(O)CNS(=O)(=O)c1nc2cc(OCCCNC(=O)c3ccc(O)c(O)c3)c(OCCCNC(=O)c3ccc(O)c(O)c3)cc2s1. The summed E-state index contributed by atoms with van der Waals surface area (Å²) in [5.74, 6) is -3.95. The van der Waals surface area contributed by atoms with E-state index in [0.29, 0.717) is 16.0 Å². The molecule has 57 heavy (non-hydrogen) atoms. The van der Waals surface area contributed by atoms with E-state index < -0.39 is 68.7 Å². The molecular formula is C35H33FN5O13PS2. The van der Waals surface area contributed by atoms with Crippen molar-refractivity contribution in [1.29, 1.82) is 5.26 Å². The second-order valence-corrected chi connectivity index (χ2v) is 16.6. The van der Waals surface area contributed by atoms with E-state index in [1.165, 1.54) is 42.5 Å². The Labute approximate surface area is 327 Å². The van der Waals surface area contributed by atoms with Crippen molar-refractivity contribution in [3.05, 3.63) is 89.2 Å². The average molecular weight is 846 g/mol. The van der Waals surface area contributed by atoms with Crippen molar-refractivity contribution in [2.75, 3.05) is 32.6 Å². The molecule has 0 saturated carbocycles. The predicted octanol–water partition coefficient (Wildman–Crippen LogP) is 4.03. The van der Waals surface area contributed by atoms with Gasteiger partial charge in [0.05, 0.1) is 23.4 Å². The molecule has 0 aliphatic rings. The van der Waals surface area contributed by atoms with Crippen molar-refractivity contribution >= 4 is 51.0 Å². The molecule has 0 aliphatic heterocycles. The van der Waals surface area contributed by atoms with Crippen LogP contribution in [0.15, 0.2) is 71.1 Å². The normalized spacial score (nSPS) is 12.3. The lowest BCUT2D eigenvalue weighted by atomic mass is 10.2. The molecule has 0 bridgehead atoms. The van der Waals surface area contributed by atoms with Crippen molar-refractivity contribution in [3.8, 4) is 46.3 Å². The van der Waals surface area contributed by atoms with Crippen LogP contribution in [0.1, 0.15) is 39.1 Å². The molecule has 4 aromatic carbocycles. The second kappa shape index (κ2) is 18.2. The minimum atomic E-state index is -4.80. The first-order valence-electron chi connectivity index (χ1n) is 16.6. The highest BCUT2D eigenvalue weighted by atomic mass is 32.2. The van der Waals surface area contributed by atoms with Crippen LogP contribution in [-0.4, -0.2) is 83.1 Å². The van der Waals surface area contributed by atoms with Crippen molar-refractivity contribution in [3.63, 3.8) is 0 Å². The summed E-state index contributed by atoms with van der Waals surface area (Å²) < 4.78 is 71.5. The van der Waals surface area contributed by atoms with Crippen molar-refractivity contribution in [2.45, 2.75) is 17.2 Å². The molecule has 1 aromatic heterocycles. The number of hydrogen-bond acceptors (Lipinski definition) is 15. The fourth-order valence-electron chi connectivity index (χ4n) is 4.80. The van der Waals surface area contributed by atoms with E-state index in [0.717, 1.165) is 30.3 Å². The zero-order chi connectivity index (χ0) is 41.3. The number of phenolic OH excluding ortho intramolecular Hbond substituents is 4. The highest BCUT2D eigenvalue weighted by Crippen LogP contribution is 2.43. The Balaban J connectivity index is 1.25. The van der Waals surface area contributed by atoms with Gasteiger partial charge in [-0.1, -0.05) is 6.07 Å². The quantitative estimate of drug-likeness (QED) is 0.0351. The third kappa shape index (κ3) is 11.0. The van der Waals surface area contributed by atoms with Gasteiger partial charge in [-0.2, -0.15) is 9.98 Å². The maximum atomic E-state index is 13.9. The highest BCUT2D eigenvalue weighted by molar-refractivity contribution is 7.91. The molecule has 0 spiro atoms. The summed E-state index contributed by atoms with van der Waals surface area (Å²) in [5, 5.41) is 52.7. The molecule has 1 atom stereocenters. The van der Waals surface area contributed by atoms with E-state index in [1.54, 1.807) is 0 Å². The number of fused-ring (bicyclic) bond motifs is 1. The highest BCUT2D eigenvalue weighted by Gasteiger charge is 2.29. The topological polar surface area (TPSA) is 287 Å². The average Bonchev–Trinajstić information content (AvgIpc) is 3.60. The lowest BCUT2D eigenvalue weighted by molar-refractivity contribution is 0.0942. The summed E-state index contributed by atoms with van der Waals surface area (Å²) in [6, 6.07) is 14.8. The van der Waals surface area contributed by atoms with Gasteiger partial charge in [-0.3, -0.25) is 9.59 Å². The number of hydrogen-bond donors (Lipinski definition) is 8. The van der Waals surface area contributed by atoms with Crippen molar-refractivity contribution in [2.24, 2.45) is 0 Å². The Morgan fingerprint density at radius 3 is 1.93 bits per heavy atom. The van der Waals surface area contributed by atoms with Crippen LogP contribution < -0.4 is 29.4 Å². The van der Waals surface area contributed by atoms with Crippen LogP contribution in [0.5, 0.6) is 40.2 Å². The molecule has 0 fully saturated rings. The number of halogens is 1. The minimum absolute atomic E-state index is 0.0277. The molecule has 1 heterocycles. The van der Waals surface area contributed by atoms with Crippen LogP contribution in [0.25, 0.3) is 10.2 Å². The summed E-state index contributed by atoms with van der Waals surface area (Å²) in [7, 11) is -9.33. The van der Waals surface area contributed by atoms with Gasteiger partial charge >= 0.3 is 7.60 Å². The largest absolute Gasteiger partial charge is 0.504 e. The van der Waals surface area contributed by atoms with E-state index in [1.807, 2.05) is 4.72 Å². The first-order valence-corrected chi connectivity index (χ1v) is 20.6. The van der Waals surface area contributed by atoms with E-state index >= 15 is 0 Å². The van der Waals surface area contributed by atoms with Gasteiger partial charge in [-0.25, -0.2) is 22.4 Å². The Kier molecular flexibility index (Phi) is 13.4. The second-order valence-electron chi connectivity index (χ2n) is 11.8. The number of benzene rings is 4. The van der Waals surface area contributed by atoms with Gasteiger partial charge < -0.3 is 50.0 Å². The zero-order valence-electron chi connectivity index (χ0n) is 29.3. The number of sulfonamides is 1. The Bertz CT molecular complexity index is 2400. The van der Waals surface area contributed by atoms with Gasteiger partial charge in [0.1, 0.15) is 29.5 Å². The van der Waals surface area contributed by atoms with Crippen LogP contribution in [0.4, 0.5) is 4.39 Å². The van der Waals surface area contributed by atoms with E-state index in [4.69, 9.17) is 19.3 Å². The number of nitrogens with one attached hydrogen (secondary N) is 3. The summed E-state index contributed by atoms with van der Waals surface area (Å²) in [5.41, 5.74) is -0.266. The van der Waals surface area contributed by atoms with Gasteiger partial charge in [0.15, 0.2) is 34.5 Å². The number of aromatic hydroxyl groups is 4. The summed E-state index contributed by atoms with van der Waals surface area (Å²) in [6.07, 6.45) is -0.584. The van der Waals surface area contributed by atoms with Crippen LogP contribution >= 0.6 is 18.9 Å². The summed E-state index contributed by atoms with van der Waals surface area (Å²) in [4.78, 5) is 39.3. The van der Waals surface area contributed by atoms with Gasteiger partial charge in [0, 0.05) is 36.3 Å². The summed E-state index contributed by atoms with van der Waals surface area (Å²) in [6.45, 7) is 0.341. The van der Waals surface area contributed by atoms with Gasteiger partial charge in [-0.05, 0) is 61.4 Å². The van der Waals surface area contributed by atoms with Gasteiger partial charge in [-0.15, -0.1) is 11.3 Å². The lowest BCUT2D eigenvalue weighted by Gasteiger charge is -2.14. The van der Waals surface area contributed by atoms with Gasteiger partial charge in [0.2, 0.25) is 4.34 Å². The number of aromatic nitrogens is 1. The number of carbonyl (C=O) groups is 2. The fraction of sp³-hybridized carbons (Fsp3) is 0.200. The third-order valence-electron chi connectivity index (χ3n) is 7.65. The molecular weight excluding hydrogens is 813 g/mol. The van der Waals surface area contributed by atoms with E-state index in [-0.39, 0.29) is 78.8 Å². The zero-order valence-corrected chi connectivity index (χ0v) is 31.9. The third-order valence-corrected chi connectivity index (χ3v) is 11.7. The number of nitrogens with zero attached hydrogens (tertiary/aromatic N) is 2. The first-order chi connectivity index (χ1) is 27.1. The van der Waals surface area contributed by atoms with Crippen LogP contribution in [0.3, 0.4) is 0 Å². The molecule has 5 rings (SSSR count). The van der Waals surface area contributed by atoms with Crippen molar-refractivity contribution < 1.29 is 66.3 Å². The minimum Gasteiger partial charge on any atom is -0.504 e. The fourth-order valence-corrected chi connectivity index (χ4v) is 8.60. The van der Waals surface area contributed by atoms with E-state index in [9.17, 15) is 52.3 Å². The molecule has 2 amide bonds. The number of phenols is 4. The van der Waals surface area contributed by atoms with Crippen LogP contribution in [0, 0.1) is 17.1 Å². The Morgan fingerprint density at radius 1 is 0.825 bits per heavy atom. The number of amides is 2. The van der Waals surface area contributed by atoms with Crippen molar-refractivity contribution in [1.82, 2.24) is 20.3 Å². The lowest BCUT2D eigenvalue weighted by Crippen LogP contribution is -2.25. The van der Waals surface area contributed by atoms with Crippen LogP contribution in [0.2, 0.25) is 0 Å². The van der Waals surface area contributed by atoms with Crippen LogP contribution in [-0.2, 0) is 14.6 Å². The molecule has 0 saturated heterocycles. The molecule has 5 aromatic rings. The maximum Gasteiger partial charge on any atom is 0.391 e. The maximum absolute atomic E-state index is 13.9. The molecule has 1 unspecified atom stereocenters. The predicted molar refractivity (Wildman–Crippen MR) is 201 cm³/mol. The number of thiazole rings is 1. The molecule has 300 valence electrons. The molecule has 18 nitrogen and oxygen atoms in total. The smallest absolute Gasteiger partial charge is 0.391 e. The van der Waals surface area contributed by atoms with E-state index in [2.05, 4.69) is 15.6 Å². The summed E-state index contributed by atoms with van der Waals surface area (Å²) >= 11 is 0.694. The number of nitriles is 1. The first kappa shape index (κ1) is 42.0. The Morgan fingerprint density at radius 2 is 1.39 bits per heavy atom. The monoisotopic (exact) mass is 845 g/mol. The Hall–Kier alpha value is -6.17. The molecule has 0 radical (unpaired) electrons. The molecule has 8 N–H and O–H groups in total.